The molecular formula is C11H20ClF3N2O. The largest absolute Gasteiger partial charge is 0.391 e. The Morgan fingerprint density at radius 1 is 1.44 bits per heavy atom. The standard InChI is InChI=1S/C11H19F3N2O.ClH/c1-7(6-15)10(17)16-9-4-2-3-8(5-9)11(12,13)14;/h7-9H,2-6,15H2,1H3,(H,16,17);1H. The minimum atomic E-state index is -4.15. The first-order valence-electron chi connectivity index (χ1n) is 5.91. The van der Waals surface area contributed by atoms with E-state index in [0.29, 0.717) is 12.8 Å². The van der Waals surface area contributed by atoms with Crippen LogP contribution in [0.1, 0.15) is 32.6 Å². The molecule has 1 rings (SSSR count). The molecule has 7 heteroatoms. The van der Waals surface area contributed by atoms with Crippen LogP contribution in [-0.4, -0.2) is 24.7 Å². The van der Waals surface area contributed by atoms with Gasteiger partial charge in [-0.15, -0.1) is 12.4 Å². The SMILES string of the molecule is CC(CN)C(=O)NC1CCCC(C(F)(F)F)C1.Cl. The normalized spacial score (nSPS) is 26.1. The number of nitrogens with one attached hydrogen (secondary N) is 1. The van der Waals surface area contributed by atoms with Crippen LogP contribution in [0.2, 0.25) is 0 Å². The highest BCUT2D eigenvalue weighted by atomic mass is 35.5. The van der Waals surface area contributed by atoms with Gasteiger partial charge in [-0.05, 0) is 19.3 Å². The molecule has 3 nitrogen and oxygen atoms in total. The van der Waals surface area contributed by atoms with Crippen LogP contribution < -0.4 is 11.1 Å². The second-order valence-corrected chi connectivity index (χ2v) is 4.75. The summed E-state index contributed by atoms with van der Waals surface area (Å²) in [5.74, 6) is -1.88. The van der Waals surface area contributed by atoms with Crippen molar-refractivity contribution in [3.63, 3.8) is 0 Å². The number of halogens is 4. The molecule has 0 spiro atoms. The molecule has 0 saturated heterocycles. The van der Waals surface area contributed by atoms with E-state index in [0.717, 1.165) is 0 Å². The maximum Gasteiger partial charge on any atom is 0.391 e. The molecule has 1 aliphatic carbocycles. The third-order valence-electron chi connectivity index (χ3n) is 3.28. The van der Waals surface area contributed by atoms with Crippen LogP contribution >= 0.6 is 12.4 Å². The van der Waals surface area contributed by atoms with E-state index in [1.165, 1.54) is 0 Å². The van der Waals surface area contributed by atoms with Gasteiger partial charge in [0.1, 0.15) is 0 Å². The lowest BCUT2D eigenvalue weighted by atomic mass is 9.85. The molecule has 1 aliphatic rings. The van der Waals surface area contributed by atoms with E-state index in [1.54, 1.807) is 6.92 Å². The van der Waals surface area contributed by atoms with Crippen molar-refractivity contribution in [1.29, 1.82) is 0 Å². The summed E-state index contributed by atoms with van der Waals surface area (Å²) in [6.07, 6.45) is -2.86. The van der Waals surface area contributed by atoms with E-state index in [4.69, 9.17) is 5.73 Å². The van der Waals surface area contributed by atoms with Gasteiger partial charge < -0.3 is 11.1 Å². The zero-order valence-corrected chi connectivity index (χ0v) is 11.1. The third kappa shape index (κ3) is 5.02. The van der Waals surface area contributed by atoms with Gasteiger partial charge in [-0.25, -0.2) is 0 Å². The maximum absolute atomic E-state index is 12.5. The van der Waals surface area contributed by atoms with Crippen molar-refractivity contribution in [2.24, 2.45) is 17.6 Å². The summed E-state index contributed by atoms with van der Waals surface area (Å²) in [4.78, 5) is 11.5. The van der Waals surface area contributed by atoms with Crippen molar-refractivity contribution in [1.82, 2.24) is 5.32 Å². The summed E-state index contributed by atoms with van der Waals surface area (Å²) < 4.78 is 37.6. The fraction of sp³-hybridized carbons (Fsp3) is 0.909. The Hall–Kier alpha value is -0.490. The molecule has 0 radical (unpaired) electrons. The first kappa shape index (κ1) is 17.5. The zero-order chi connectivity index (χ0) is 13.1. The Bertz CT molecular complexity index is 274. The van der Waals surface area contributed by atoms with E-state index >= 15 is 0 Å². The minimum absolute atomic E-state index is 0. The molecule has 3 atom stereocenters. The number of hydrogen-bond acceptors (Lipinski definition) is 2. The zero-order valence-electron chi connectivity index (χ0n) is 10.3. The summed E-state index contributed by atoms with van der Waals surface area (Å²) >= 11 is 0. The second-order valence-electron chi connectivity index (χ2n) is 4.75. The predicted octanol–water partition coefficient (Wildman–Crippen LogP) is 2.24. The van der Waals surface area contributed by atoms with Crippen LogP contribution in [0.4, 0.5) is 13.2 Å². The van der Waals surface area contributed by atoms with Crippen molar-refractivity contribution in [2.45, 2.75) is 44.8 Å². The van der Waals surface area contributed by atoms with Gasteiger partial charge >= 0.3 is 6.18 Å². The predicted molar refractivity (Wildman–Crippen MR) is 65.4 cm³/mol. The summed E-state index contributed by atoms with van der Waals surface area (Å²) in [5.41, 5.74) is 5.33. The van der Waals surface area contributed by atoms with Gasteiger partial charge in [-0.1, -0.05) is 13.3 Å². The quantitative estimate of drug-likeness (QED) is 0.837. The van der Waals surface area contributed by atoms with Crippen molar-refractivity contribution in [3.8, 4) is 0 Å². The Morgan fingerprint density at radius 3 is 2.56 bits per heavy atom. The lowest BCUT2D eigenvalue weighted by Gasteiger charge is -2.31. The van der Waals surface area contributed by atoms with Gasteiger partial charge in [0.2, 0.25) is 5.91 Å². The molecule has 18 heavy (non-hydrogen) atoms. The molecule has 0 aromatic heterocycles. The van der Waals surface area contributed by atoms with Gasteiger partial charge in [0.25, 0.3) is 0 Å². The van der Waals surface area contributed by atoms with E-state index in [1.807, 2.05) is 0 Å². The molecule has 1 fully saturated rings. The summed E-state index contributed by atoms with van der Waals surface area (Å²) in [6.45, 7) is 1.88. The van der Waals surface area contributed by atoms with Crippen LogP contribution in [0.15, 0.2) is 0 Å². The minimum Gasteiger partial charge on any atom is -0.353 e. The molecule has 0 aliphatic heterocycles. The summed E-state index contributed by atoms with van der Waals surface area (Å²) in [6, 6.07) is -0.364. The first-order valence-corrected chi connectivity index (χ1v) is 5.91. The van der Waals surface area contributed by atoms with Crippen LogP contribution in [0, 0.1) is 11.8 Å². The molecule has 3 unspecified atom stereocenters. The van der Waals surface area contributed by atoms with Crippen molar-refractivity contribution in [3.05, 3.63) is 0 Å². The summed E-state index contributed by atoms with van der Waals surface area (Å²) in [7, 11) is 0. The first-order chi connectivity index (χ1) is 7.84. The second kappa shape index (κ2) is 7.19. The molecule has 1 saturated carbocycles. The molecule has 3 N–H and O–H groups in total. The van der Waals surface area contributed by atoms with Crippen LogP contribution in [-0.2, 0) is 4.79 Å². The van der Waals surface area contributed by atoms with Crippen LogP contribution in [0.5, 0.6) is 0 Å². The highest BCUT2D eigenvalue weighted by molar-refractivity contribution is 5.85. The van der Waals surface area contributed by atoms with E-state index < -0.39 is 12.1 Å². The summed E-state index contributed by atoms with van der Waals surface area (Å²) in [5, 5.41) is 2.65. The molecule has 1 amide bonds. The van der Waals surface area contributed by atoms with Gasteiger partial charge in [-0.2, -0.15) is 13.2 Å². The monoisotopic (exact) mass is 288 g/mol. The fourth-order valence-corrected chi connectivity index (χ4v) is 2.07. The van der Waals surface area contributed by atoms with Gasteiger partial charge in [0.15, 0.2) is 0 Å². The van der Waals surface area contributed by atoms with Crippen molar-refractivity contribution in [2.75, 3.05) is 6.54 Å². The molecule has 0 aromatic rings. The number of carbonyl (C=O) groups is 1. The molecule has 0 aromatic carbocycles. The lowest BCUT2D eigenvalue weighted by molar-refractivity contribution is -0.184. The van der Waals surface area contributed by atoms with Crippen molar-refractivity contribution >= 4 is 18.3 Å². The average molecular weight is 289 g/mol. The van der Waals surface area contributed by atoms with Gasteiger partial charge in [-0.3, -0.25) is 4.79 Å². The Balaban J connectivity index is 0.00000289. The average Bonchev–Trinajstić information content (AvgIpc) is 2.27. The molecule has 0 heterocycles. The Morgan fingerprint density at radius 2 is 2.06 bits per heavy atom. The smallest absolute Gasteiger partial charge is 0.353 e. The van der Waals surface area contributed by atoms with E-state index in [9.17, 15) is 18.0 Å². The number of hydrogen-bond donors (Lipinski definition) is 2. The number of alkyl halides is 3. The van der Waals surface area contributed by atoms with Crippen molar-refractivity contribution < 1.29 is 18.0 Å². The van der Waals surface area contributed by atoms with Crippen LogP contribution in [0.25, 0.3) is 0 Å². The Labute approximate surface area is 111 Å². The Kier molecular flexibility index (Phi) is 6.99. The van der Waals surface area contributed by atoms with Gasteiger partial charge in [0, 0.05) is 18.5 Å². The maximum atomic E-state index is 12.5. The number of amides is 1. The molecule has 108 valence electrons. The van der Waals surface area contributed by atoms with E-state index in [2.05, 4.69) is 5.32 Å². The highest BCUT2D eigenvalue weighted by Gasteiger charge is 2.42. The lowest BCUT2D eigenvalue weighted by Crippen LogP contribution is -2.44. The number of nitrogens with two attached hydrogens (primary N) is 1. The number of carbonyl (C=O) groups excluding carboxylic acids is 1. The van der Waals surface area contributed by atoms with Gasteiger partial charge in [0.05, 0.1) is 5.92 Å². The topological polar surface area (TPSA) is 55.1 Å². The van der Waals surface area contributed by atoms with Crippen LogP contribution in [0.3, 0.4) is 0 Å². The van der Waals surface area contributed by atoms with E-state index in [-0.39, 0.29) is 49.7 Å². The molecule has 0 bridgehead atoms. The highest BCUT2D eigenvalue weighted by Crippen LogP contribution is 2.37. The molecular weight excluding hydrogens is 269 g/mol. The number of rotatable bonds is 3. The third-order valence-corrected chi connectivity index (χ3v) is 3.28. The fourth-order valence-electron chi connectivity index (χ4n) is 2.07.